The molecular formula is C31H43Cl2N5O5S. The Morgan fingerprint density at radius 1 is 1.02 bits per heavy atom. The lowest BCUT2D eigenvalue weighted by molar-refractivity contribution is -0.136. The molecular weight excluding hydrogens is 625 g/mol. The second kappa shape index (κ2) is 18.1. The Kier molecular flexibility index (Phi) is 15.3. The van der Waals surface area contributed by atoms with Gasteiger partial charge in [-0.25, -0.2) is 4.98 Å². The van der Waals surface area contributed by atoms with E-state index in [1.807, 2.05) is 45.3 Å². The minimum absolute atomic E-state index is 0.0362. The summed E-state index contributed by atoms with van der Waals surface area (Å²) >= 11 is 11.8. The van der Waals surface area contributed by atoms with Crippen LogP contribution in [0.25, 0.3) is 0 Å². The van der Waals surface area contributed by atoms with Crippen LogP contribution >= 0.6 is 23.2 Å². The van der Waals surface area contributed by atoms with Gasteiger partial charge in [-0.05, 0) is 82.1 Å². The highest BCUT2D eigenvalue weighted by Crippen LogP contribution is 2.30. The molecule has 13 heteroatoms. The molecule has 2 aromatic carbocycles. The normalized spacial score (nSPS) is 11.3. The van der Waals surface area contributed by atoms with E-state index in [0.29, 0.717) is 18.4 Å². The number of carbonyl (C=O) groups is 1. The average Bonchev–Trinajstić information content (AvgIpc) is 2.92. The molecule has 0 atom stereocenters. The summed E-state index contributed by atoms with van der Waals surface area (Å²) in [7, 11) is -0.369. The SMILES string of the molecule is CCCCCNc1nc(N)nc(C)c1Cc1ccc(CC(=O)O)cc1.CN(C)CCCCc1cc(Cl)cc(S(=O)(=O)O)c1Cl. The lowest BCUT2D eigenvalue weighted by atomic mass is 10.0. The number of benzene rings is 2. The van der Waals surface area contributed by atoms with E-state index in [4.69, 9.17) is 38.6 Å². The fourth-order valence-electron chi connectivity index (χ4n) is 4.44. The smallest absolute Gasteiger partial charge is 0.307 e. The minimum Gasteiger partial charge on any atom is -0.481 e. The summed E-state index contributed by atoms with van der Waals surface area (Å²) in [5.41, 5.74) is 10.2. The van der Waals surface area contributed by atoms with Gasteiger partial charge in [-0.15, -0.1) is 0 Å². The molecule has 0 fully saturated rings. The highest BCUT2D eigenvalue weighted by Gasteiger charge is 2.18. The number of nitrogens with zero attached hydrogens (tertiary/aromatic N) is 3. The number of carboxylic acids is 1. The minimum atomic E-state index is -4.35. The number of unbranched alkanes of at least 4 members (excludes halogenated alkanes) is 3. The van der Waals surface area contributed by atoms with E-state index in [1.54, 1.807) is 6.07 Å². The number of aliphatic carboxylic acids is 1. The van der Waals surface area contributed by atoms with Gasteiger partial charge in [0, 0.05) is 29.2 Å². The number of carboxylic acid groups (broad SMARTS) is 1. The zero-order valence-electron chi connectivity index (χ0n) is 25.7. The number of anilines is 2. The predicted molar refractivity (Wildman–Crippen MR) is 178 cm³/mol. The van der Waals surface area contributed by atoms with Crippen molar-refractivity contribution in [2.45, 2.75) is 70.1 Å². The summed E-state index contributed by atoms with van der Waals surface area (Å²) < 4.78 is 31.5. The van der Waals surface area contributed by atoms with Crippen LogP contribution in [0.5, 0.6) is 0 Å². The molecule has 0 amide bonds. The molecule has 5 N–H and O–H groups in total. The van der Waals surface area contributed by atoms with E-state index in [0.717, 1.165) is 66.6 Å². The number of nitrogens with two attached hydrogens (primary N) is 1. The topological polar surface area (TPSA) is 159 Å². The zero-order chi connectivity index (χ0) is 32.9. The molecule has 0 aliphatic carbocycles. The van der Waals surface area contributed by atoms with Gasteiger partial charge in [-0.3, -0.25) is 9.35 Å². The Bertz CT molecular complexity index is 1490. The largest absolute Gasteiger partial charge is 0.481 e. The molecule has 0 bridgehead atoms. The van der Waals surface area contributed by atoms with Gasteiger partial charge in [0.2, 0.25) is 5.95 Å². The van der Waals surface area contributed by atoms with Crippen LogP contribution in [0.4, 0.5) is 11.8 Å². The molecule has 3 rings (SSSR count). The van der Waals surface area contributed by atoms with Crippen LogP contribution in [0.15, 0.2) is 41.3 Å². The maximum Gasteiger partial charge on any atom is 0.307 e. The molecule has 0 aliphatic rings. The molecule has 1 aromatic heterocycles. The van der Waals surface area contributed by atoms with Gasteiger partial charge < -0.3 is 21.1 Å². The van der Waals surface area contributed by atoms with Crippen LogP contribution in [0.1, 0.15) is 67.0 Å². The van der Waals surface area contributed by atoms with E-state index >= 15 is 0 Å². The molecule has 0 spiro atoms. The lowest BCUT2D eigenvalue weighted by Gasteiger charge is -2.14. The van der Waals surface area contributed by atoms with E-state index in [-0.39, 0.29) is 27.3 Å². The van der Waals surface area contributed by atoms with Crippen molar-refractivity contribution in [2.75, 3.05) is 38.2 Å². The van der Waals surface area contributed by atoms with Crippen LogP contribution in [0.2, 0.25) is 10.0 Å². The molecule has 3 aromatic rings. The Hall–Kier alpha value is -2.96. The maximum atomic E-state index is 11.2. The highest BCUT2D eigenvalue weighted by molar-refractivity contribution is 7.86. The van der Waals surface area contributed by atoms with Crippen LogP contribution < -0.4 is 11.1 Å². The molecule has 0 saturated heterocycles. The van der Waals surface area contributed by atoms with Crippen LogP contribution in [-0.2, 0) is 34.2 Å². The first kappa shape index (κ1) is 37.2. The number of aryl methyl sites for hydroxylation is 2. The van der Waals surface area contributed by atoms with Gasteiger partial charge in [0.15, 0.2) is 0 Å². The standard InChI is InChI=1S/C19H26N4O2.C12H17Cl2NO3S/c1-3-4-5-10-21-18-16(13(2)22-19(20)23-18)11-14-6-8-15(9-7-14)12-17(24)25;1-15(2)6-4-3-5-9-7-10(13)8-11(12(9)14)19(16,17)18/h6-9H,3-5,10-12H2,1-2H3,(H,24,25)(H3,20,21,22,23);7-8H,3-6H2,1-2H3,(H,16,17,18). The first-order valence-corrected chi connectivity index (χ1v) is 16.7. The highest BCUT2D eigenvalue weighted by atomic mass is 35.5. The second-order valence-corrected chi connectivity index (χ2v) is 13.0. The van der Waals surface area contributed by atoms with Crippen LogP contribution in [-0.4, -0.2) is 66.1 Å². The molecule has 242 valence electrons. The Morgan fingerprint density at radius 3 is 2.27 bits per heavy atom. The van der Waals surface area contributed by atoms with Crippen molar-refractivity contribution in [3.05, 3.63) is 74.4 Å². The van der Waals surface area contributed by atoms with E-state index in [9.17, 15) is 13.2 Å². The number of aromatic nitrogens is 2. The van der Waals surface area contributed by atoms with Gasteiger partial charge in [0.25, 0.3) is 10.1 Å². The van der Waals surface area contributed by atoms with Gasteiger partial charge in [0.05, 0.1) is 11.4 Å². The average molecular weight is 669 g/mol. The van der Waals surface area contributed by atoms with Crippen LogP contribution in [0, 0.1) is 6.92 Å². The quantitative estimate of drug-likeness (QED) is 0.107. The van der Waals surface area contributed by atoms with E-state index in [1.165, 1.54) is 12.8 Å². The number of nitrogens with one attached hydrogen (secondary N) is 1. The predicted octanol–water partition coefficient (Wildman–Crippen LogP) is 6.31. The van der Waals surface area contributed by atoms with Crippen molar-refractivity contribution >= 4 is 51.1 Å². The van der Waals surface area contributed by atoms with Crippen LogP contribution in [0.3, 0.4) is 0 Å². The summed E-state index contributed by atoms with van der Waals surface area (Å²) in [6, 6.07) is 10.4. The number of nitrogen functional groups attached to an aromatic ring is 1. The molecule has 0 aliphatic heterocycles. The molecule has 10 nitrogen and oxygen atoms in total. The van der Waals surface area contributed by atoms with Gasteiger partial charge in [-0.2, -0.15) is 13.4 Å². The van der Waals surface area contributed by atoms with Crippen molar-refractivity contribution in [3.63, 3.8) is 0 Å². The third-order valence-corrected chi connectivity index (χ3v) is 8.38. The van der Waals surface area contributed by atoms with Gasteiger partial charge in [-0.1, -0.05) is 67.2 Å². The molecule has 0 unspecified atom stereocenters. The number of hydrogen-bond acceptors (Lipinski definition) is 8. The van der Waals surface area contributed by atoms with Crippen molar-refractivity contribution in [1.29, 1.82) is 0 Å². The third kappa shape index (κ3) is 13.0. The Morgan fingerprint density at radius 2 is 1.68 bits per heavy atom. The fourth-order valence-corrected chi connectivity index (χ4v) is 5.88. The summed E-state index contributed by atoms with van der Waals surface area (Å²) in [4.78, 5) is 21.2. The molecule has 44 heavy (non-hydrogen) atoms. The van der Waals surface area contributed by atoms with Gasteiger partial charge in [0.1, 0.15) is 10.7 Å². The summed E-state index contributed by atoms with van der Waals surface area (Å²) in [6.07, 6.45) is 6.60. The van der Waals surface area contributed by atoms with E-state index in [2.05, 4.69) is 27.1 Å². The monoisotopic (exact) mass is 667 g/mol. The van der Waals surface area contributed by atoms with Crippen molar-refractivity contribution < 1.29 is 22.9 Å². The zero-order valence-corrected chi connectivity index (χ0v) is 28.1. The second-order valence-electron chi connectivity index (χ2n) is 10.8. The lowest BCUT2D eigenvalue weighted by Crippen LogP contribution is -2.13. The van der Waals surface area contributed by atoms with E-state index < -0.39 is 16.1 Å². The molecule has 1 heterocycles. The number of hydrogen-bond donors (Lipinski definition) is 4. The number of rotatable bonds is 15. The Balaban J connectivity index is 0.000000319. The fraction of sp³-hybridized carbons (Fsp3) is 0.452. The molecule has 0 radical (unpaired) electrons. The third-order valence-electron chi connectivity index (χ3n) is 6.72. The summed E-state index contributed by atoms with van der Waals surface area (Å²) in [6.45, 7) is 5.91. The van der Waals surface area contributed by atoms with Crippen molar-refractivity contribution in [2.24, 2.45) is 0 Å². The van der Waals surface area contributed by atoms with Gasteiger partial charge >= 0.3 is 5.97 Å². The Labute approximate surface area is 270 Å². The van der Waals surface area contributed by atoms with Crippen molar-refractivity contribution in [1.82, 2.24) is 14.9 Å². The first-order chi connectivity index (χ1) is 20.7. The summed E-state index contributed by atoms with van der Waals surface area (Å²) in [5.74, 6) is 0.237. The summed E-state index contributed by atoms with van der Waals surface area (Å²) in [5, 5.41) is 12.5. The number of halogens is 2. The first-order valence-electron chi connectivity index (χ1n) is 14.5. The van der Waals surface area contributed by atoms with Crippen molar-refractivity contribution in [3.8, 4) is 0 Å². The maximum absolute atomic E-state index is 11.2. The molecule has 0 saturated carbocycles.